The van der Waals surface area contributed by atoms with E-state index in [1.165, 1.54) is 0 Å². The summed E-state index contributed by atoms with van der Waals surface area (Å²) in [4.78, 5) is 0. The monoisotopic (exact) mass is 307 g/mol. The van der Waals surface area contributed by atoms with Crippen molar-refractivity contribution in [3.8, 4) is 5.75 Å². The standard InChI is InChI=1S/C10H14INO2/c1-10(12,6-13)8-4-3-7(14-2)5-9(8)11/h3-5,13H,6,12H2,1-2H3/t10-/m0/s1. The third-order valence-electron chi connectivity index (χ3n) is 2.12. The van der Waals surface area contributed by atoms with Crippen molar-refractivity contribution in [1.29, 1.82) is 0 Å². The number of halogens is 1. The highest BCUT2D eigenvalue weighted by Gasteiger charge is 2.22. The smallest absolute Gasteiger partial charge is 0.119 e. The van der Waals surface area contributed by atoms with Gasteiger partial charge in [0, 0.05) is 3.57 Å². The highest BCUT2D eigenvalue weighted by molar-refractivity contribution is 14.1. The summed E-state index contributed by atoms with van der Waals surface area (Å²) in [5.74, 6) is 0.798. The summed E-state index contributed by atoms with van der Waals surface area (Å²) in [6.45, 7) is 1.73. The van der Waals surface area contributed by atoms with Crippen LogP contribution >= 0.6 is 22.6 Å². The van der Waals surface area contributed by atoms with Gasteiger partial charge in [0.1, 0.15) is 5.75 Å². The van der Waals surface area contributed by atoms with Crippen LogP contribution in [0.15, 0.2) is 18.2 Å². The van der Waals surface area contributed by atoms with Gasteiger partial charge in [0.15, 0.2) is 0 Å². The Labute approximate surface area is 97.4 Å². The van der Waals surface area contributed by atoms with E-state index in [2.05, 4.69) is 22.6 Å². The number of nitrogens with two attached hydrogens (primary N) is 1. The molecule has 1 atom stereocenters. The molecule has 0 heterocycles. The summed E-state index contributed by atoms with van der Waals surface area (Å²) in [5, 5.41) is 9.14. The van der Waals surface area contributed by atoms with Gasteiger partial charge >= 0.3 is 0 Å². The maximum atomic E-state index is 9.14. The largest absolute Gasteiger partial charge is 0.497 e. The van der Waals surface area contributed by atoms with Crippen LogP contribution in [-0.4, -0.2) is 18.8 Å². The number of hydrogen-bond donors (Lipinski definition) is 2. The molecule has 0 spiro atoms. The quantitative estimate of drug-likeness (QED) is 0.832. The van der Waals surface area contributed by atoms with Crippen molar-refractivity contribution in [2.24, 2.45) is 5.73 Å². The molecule has 0 saturated carbocycles. The van der Waals surface area contributed by atoms with Gasteiger partial charge < -0.3 is 15.6 Å². The van der Waals surface area contributed by atoms with Gasteiger partial charge in [0.05, 0.1) is 19.3 Å². The molecule has 0 aliphatic carbocycles. The Kier molecular flexibility index (Phi) is 3.74. The maximum Gasteiger partial charge on any atom is 0.119 e. The Morgan fingerprint density at radius 3 is 2.64 bits per heavy atom. The Morgan fingerprint density at radius 1 is 1.57 bits per heavy atom. The molecule has 0 bridgehead atoms. The van der Waals surface area contributed by atoms with E-state index in [9.17, 15) is 0 Å². The lowest BCUT2D eigenvalue weighted by atomic mass is 9.94. The summed E-state index contributed by atoms with van der Waals surface area (Å²) < 4.78 is 6.09. The first-order chi connectivity index (χ1) is 6.51. The molecule has 1 rings (SSSR count). The summed E-state index contributed by atoms with van der Waals surface area (Å²) >= 11 is 2.19. The topological polar surface area (TPSA) is 55.5 Å². The minimum atomic E-state index is -0.692. The molecule has 3 N–H and O–H groups in total. The molecule has 0 amide bonds. The van der Waals surface area contributed by atoms with E-state index in [1.54, 1.807) is 14.0 Å². The van der Waals surface area contributed by atoms with Gasteiger partial charge in [0.25, 0.3) is 0 Å². The van der Waals surface area contributed by atoms with Crippen LogP contribution < -0.4 is 10.5 Å². The van der Waals surface area contributed by atoms with Crippen molar-refractivity contribution in [3.05, 3.63) is 27.3 Å². The van der Waals surface area contributed by atoms with Crippen LogP contribution in [-0.2, 0) is 5.54 Å². The van der Waals surface area contributed by atoms with Gasteiger partial charge in [-0.15, -0.1) is 0 Å². The van der Waals surface area contributed by atoms with Crippen molar-refractivity contribution < 1.29 is 9.84 Å². The zero-order valence-electron chi connectivity index (χ0n) is 8.25. The predicted octanol–water partition coefficient (Wildman–Crippen LogP) is 1.47. The summed E-state index contributed by atoms with van der Waals surface area (Å²) in [5.41, 5.74) is 6.17. The number of aliphatic hydroxyl groups is 1. The van der Waals surface area contributed by atoms with E-state index < -0.39 is 5.54 Å². The average Bonchev–Trinajstić information content (AvgIpc) is 2.17. The zero-order chi connectivity index (χ0) is 10.8. The number of methoxy groups -OCH3 is 1. The fourth-order valence-corrected chi connectivity index (χ4v) is 2.27. The zero-order valence-corrected chi connectivity index (χ0v) is 10.4. The van der Waals surface area contributed by atoms with Crippen LogP contribution in [0.25, 0.3) is 0 Å². The van der Waals surface area contributed by atoms with Crippen molar-refractivity contribution >= 4 is 22.6 Å². The SMILES string of the molecule is COc1ccc([C@@](C)(N)CO)c(I)c1. The molecular weight excluding hydrogens is 293 g/mol. The second kappa shape index (κ2) is 4.46. The summed E-state index contributed by atoms with van der Waals surface area (Å²) in [6, 6.07) is 5.63. The molecule has 0 radical (unpaired) electrons. The summed E-state index contributed by atoms with van der Waals surface area (Å²) in [6.07, 6.45) is 0. The third kappa shape index (κ3) is 2.37. The van der Waals surface area contributed by atoms with Crippen LogP contribution in [0, 0.1) is 3.57 Å². The van der Waals surface area contributed by atoms with Gasteiger partial charge in [-0.25, -0.2) is 0 Å². The highest BCUT2D eigenvalue weighted by atomic mass is 127. The molecule has 4 heteroatoms. The number of hydrogen-bond acceptors (Lipinski definition) is 3. The third-order valence-corrected chi connectivity index (χ3v) is 3.01. The summed E-state index contributed by atoms with van der Waals surface area (Å²) in [7, 11) is 1.62. The number of rotatable bonds is 3. The van der Waals surface area contributed by atoms with Gasteiger partial charge in [-0.3, -0.25) is 0 Å². The van der Waals surface area contributed by atoms with Gasteiger partial charge in [0.2, 0.25) is 0 Å². The first kappa shape index (κ1) is 11.7. The van der Waals surface area contributed by atoms with Crippen LogP contribution in [0.5, 0.6) is 5.75 Å². The minimum absolute atomic E-state index is 0.0741. The lowest BCUT2D eigenvalue weighted by Crippen LogP contribution is -2.37. The predicted molar refractivity (Wildman–Crippen MR) is 64.3 cm³/mol. The molecule has 0 saturated heterocycles. The lowest BCUT2D eigenvalue weighted by Gasteiger charge is -2.23. The molecule has 14 heavy (non-hydrogen) atoms. The fraction of sp³-hybridized carbons (Fsp3) is 0.400. The van der Waals surface area contributed by atoms with Gasteiger partial charge in [-0.2, -0.15) is 0 Å². The van der Waals surface area contributed by atoms with Crippen molar-refractivity contribution in [2.75, 3.05) is 13.7 Å². The highest BCUT2D eigenvalue weighted by Crippen LogP contribution is 2.26. The van der Waals surface area contributed by atoms with E-state index in [1.807, 2.05) is 18.2 Å². The van der Waals surface area contributed by atoms with E-state index >= 15 is 0 Å². The molecule has 78 valence electrons. The van der Waals surface area contributed by atoms with Gasteiger partial charge in [-0.05, 0) is 47.2 Å². The molecule has 1 aromatic rings. The molecule has 0 aromatic heterocycles. The molecule has 0 unspecified atom stereocenters. The van der Waals surface area contributed by atoms with E-state index in [0.717, 1.165) is 14.9 Å². The van der Waals surface area contributed by atoms with Crippen LogP contribution in [0.3, 0.4) is 0 Å². The van der Waals surface area contributed by atoms with Gasteiger partial charge in [-0.1, -0.05) is 6.07 Å². The maximum absolute atomic E-state index is 9.14. The normalized spacial score (nSPS) is 14.9. The Bertz CT molecular complexity index is 326. The van der Waals surface area contributed by atoms with Crippen LogP contribution in [0.4, 0.5) is 0 Å². The van der Waals surface area contributed by atoms with Crippen molar-refractivity contribution in [1.82, 2.24) is 0 Å². The Hall–Kier alpha value is -0.330. The minimum Gasteiger partial charge on any atom is -0.497 e. The number of aliphatic hydroxyl groups excluding tert-OH is 1. The van der Waals surface area contributed by atoms with Crippen molar-refractivity contribution in [2.45, 2.75) is 12.5 Å². The second-order valence-corrected chi connectivity index (χ2v) is 4.58. The molecule has 0 aliphatic rings. The fourth-order valence-electron chi connectivity index (χ4n) is 1.17. The molecule has 0 fully saturated rings. The first-order valence-electron chi connectivity index (χ1n) is 4.25. The molecule has 3 nitrogen and oxygen atoms in total. The van der Waals surface area contributed by atoms with Crippen LogP contribution in [0.2, 0.25) is 0 Å². The Morgan fingerprint density at radius 2 is 2.21 bits per heavy atom. The molecular formula is C10H14INO2. The molecule has 1 aromatic carbocycles. The first-order valence-corrected chi connectivity index (χ1v) is 5.33. The van der Waals surface area contributed by atoms with E-state index in [0.29, 0.717) is 0 Å². The van der Waals surface area contributed by atoms with Crippen LogP contribution in [0.1, 0.15) is 12.5 Å². The average molecular weight is 307 g/mol. The molecule has 0 aliphatic heterocycles. The Balaban J connectivity index is 3.12. The number of ether oxygens (including phenoxy) is 1. The van der Waals surface area contributed by atoms with Crippen molar-refractivity contribution in [3.63, 3.8) is 0 Å². The lowest BCUT2D eigenvalue weighted by molar-refractivity contribution is 0.209. The van der Waals surface area contributed by atoms with E-state index in [4.69, 9.17) is 15.6 Å². The second-order valence-electron chi connectivity index (χ2n) is 3.42. The number of benzene rings is 1. The van der Waals surface area contributed by atoms with E-state index in [-0.39, 0.29) is 6.61 Å².